The van der Waals surface area contributed by atoms with E-state index in [2.05, 4.69) is 28.9 Å². The highest BCUT2D eigenvalue weighted by molar-refractivity contribution is 5.86. The van der Waals surface area contributed by atoms with Crippen LogP contribution in [0.5, 0.6) is 0 Å². The molecule has 1 aliphatic heterocycles. The van der Waals surface area contributed by atoms with Crippen molar-refractivity contribution in [2.75, 3.05) is 27.2 Å². The van der Waals surface area contributed by atoms with E-state index < -0.39 is 5.97 Å². The number of pyridine rings is 1. The van der Waals surface area contributed by atoms with Gasteiger partial charge in [-0.3, -0.25) is 4.90 Å². The maximum atomic E-state index is 11.2. The van der Waals surface area contributed by atoms with Crippen LogP contribution in [0.1, 0.15) is 28.9 Å². The zero-order valence-corrected chi connectivity index (χ0v) is 11.5. The van der Waals surface area contributed by atoms with E-state index in [4.69, 9.17) is 5.11 Å². The number of carboxylic acid groups (broad SMARTS) is 1. The molecule has 0 spiro atoms. The lowest BCUT2D eigenvalue weighted by Crippen LogP contribution is -2.37. The Morgan fingerprint density at radius 1 is 1.58 bits per heavy atom. The summed E-state index contributed by atoms with van der Waals surface area (Å²) < 4.78 is 0. The summed E-state index contributed by atoms with van der Waals surface area (Å²) in [4.78, 5) is 19.7. The number of likely N-dealkylation sites (tertiary alicyclic amines) is 1. The van der Waals surface area contributed by atoms with Gasteiger partial charge in [-0.25, -0.2) is 9.78 Å². The quantitative estimate of drug-likeness (QED) is 0.868. The van der Waals surface area contributed by atoms with E-state index in [1.165, 1.54) is 19.0 Å². The number of nitrogens with zero attached hydrogens (tertiary/aromatic N) is 3. The Hall–Kier alpha value is -1.46. The van der Waals surface area contributed by atoms with Gasteiger partial charge < -0.3 is 10.0 Å². The van der Waals surface area contributed by atoms with Gasteiger partial charge in [-0.15, -0.1) is 0 Å². The van der Waals surface area contributed by atoms with Crippen molar-refractivity contribution in [2.45, 2.75) is 25.4 Å². The van der Waals surface area contributed by atoms with Crippen molar-refractivity contribution in [3.8, 4) is 0 Å². The zero-order chi connectivity index (χ0) is 13.8. The first-order chi connectivity index (χ1) is 9.08. The summed E-state index contributed by atoms with van der Waals surface area (Å²) in [6, 6.07) is 4.18. The Kier molecular flexibility index (Phi) is 4.50. The molecule has 2 rings (SSSR count). The second-order valence-electron chi connectivity index (χ2n) is 5.35. The molecule has 1 aromatic heterocycles. The highest BCUT2D eigenvalue weighted by atomic mass is 16.4. The van der Waals surface area contributed by atoms with Crippen molar-refractivity contribution in [1.29, 1.82) is 0 Å². The monoisotopic (exact) mass is 263 g/mol. The van der Waals surface area contributed by atoms with E-state index in [-0.39, 0.29) is 5.69 Å². The maximum Gasteiger partial charge on any atom is 0.354 e. The standard InChI is InChI=1S/C14H21N3O2/c1-16(2)10-12-6-4-8-17(12)9-11-5-3-7-15-13(11)14(18)19/h3,5,7,12H,4,6,8-10H2,1-2H3,(H,18,19). The first-order valence-corrected chi connectivity index (χ1v) is 6.64. The number of hydrogen-bond donors (Lipinski definition) is 1. The van der Waals surface area contributed by atoms with E-state index in [0.717, 1.165) is 18.7 Å². The molecule has 1 saturated heterocycles. The largest absolute Gasteiger partial charge is 0.477 e. The minimum absolute atomic E-state index is 0.179. The number of aromatic nitrogens is 1. The summed E-state index contributed by atoms with van der Waals surface area (Å²) in [5.74, 6) is -0.945. The summed E-state index contributed by atoms with van der Waals surface area (Å²) in [5.41, 5.74) is 0.985. The van der Waals surface area contributed by atoms with Crippen LogP contribution >= 0.6 is 0 Å². The van der Waals surface area contributed by atoms with Crippen molar-refractivity contribution in [3.63, 3.8) is 0 Å². The molecule has 5 nitrogen and oxygen atoms in total. The molecule has 1 fully saturated rings. The lowest BCUT2D eigenvalue weighted by atomic mass is 10.1. The Morgan fingerprint density at radius 2 is 2.37 bits per heavy atom. The molecule has 1 N–H and O–H groups in total. The molecule has 0 amide bonds. The van der Waals surface area contributed by atoms with Crippen LogP contribution in [0.2, 0.25) is 0 Å². The summed E-state index contributed by atoms with van der Waals surface area (Å²) in [6.45, 7) is 2.73. The molecule has 0 radical (unpaired) electrons. The first kappa shape index (κ1) is 14.0. The highest BCUT2D eigenvalue weighted by Crippen LogP contribution is 2.21. The molecule has 2 heterocycles. The lowest BCUT2D eigenvalue weighted by molar-refractivity contribution is 0.0687. The van der Waals surface area contributed by atoms with Crippen molar-refractivity contribution < 1.29 is 9.90 Å². The Morgan fingerprint density at radius 3 is 3.05 bits per heavy atom. The molecule has 104 valence electrons. The van der Waals surface area contributed by atoms with Gasteiger partial charge in [0.25, 0.3) is 0 Å². The van der Waals surface area contributed by atoms with Gasteiger partial charge in [-0.1, -0.05) is 6.07 Å². The summed E-state index contributed by atoms with van der Waals surface area (Å²) in [7, 11) is 4.15. The van der Waals surface area contributed by atoms with E-state index in [0.29, 0.717) is 12.6 Å². The fourth-order valence-corrected chi connectivity index (χ4v) is 2.71. The third kappa shape index (κ3) is 3.52. The van der Waals surface area contributed by atoms with Gasteiger partial charge in [0.2, 0.25) is 0 Å². The number of likely N-dealkylation sites (N-methyl/N-ethyl adjacent to an activating group) is 1. The third-order valence-electron chi connectivity index (χ3n) is 3.54. The number of hydrogen-bond acceptors (Lipinski definition) is 4. The van der Waals surface area contributed by atoms with Crippen LogP contribution < -0.4 is 0 Å². The lowest BCUT2D eigenvalue weighted by Gasteiger charge is -2.27. The normalized spacial score (nSPS) is 20.1. The Bertz CT molecular complexity index is 448. The molecule has 1 aliphatic rings. The van der Waals surface area contributed by atoms with Crippen LogP contribution in [0, 0.1) is 0 Å². The first-order valence-electron chi connectivity index (χ1n) is 6.64. The second kappa shape index (κ2) is 6.12. The van der Waals surface area contributed by atoms with Crippen LogP contribution in [0.4, 0.5) is 0 Å². The molecule has 19 heavy (non-hydrogen) atoms. The molecule has 0 bridgehead atoms. The van der Waals surface area contributed by atoms with Crippen molar-refractivity contribution >= 4 is 5.97 Å². The SMILES string of the molecule is CN(C)CC1CCCN1Cc1cccnc1C(=O)O. The molecule has 1 unspecified atom stereocenters. The molecule has 1 aromatic rings. The molecule has 0 aromatic carbocycles. The maximum absolute atomic E-state index is 11.2. The minimum atomic E-state index is -0.945. The predicted molar refractivity (Wildman–Crippen MR) is 73.2 cm³/mol. The van der Waals surface area contributed by atoms with Crippen molar-refractivity contribution in [1.82, 2.24) is 14.8 Å². The summed E-state index contributed by atoms with van der Waals surface area (Å²) >= 11 is 0. The van der Waals surface area contributed by atoms with Gasteiger partial charge in [-0.2, -0.15) is 0 Å². The van der Waals surface area contributed by atoms with Crippen LogP contribution in [-0.2, 0) is 6.54 Å². The number of rotatable bonds is 5. The summed E-state index contributed by atoms with van der Waals surface area (Å²) in [6.07, 6.45) is 3.90. The van der Waals surface area contributed by atoms with Crippen molar-refractivity contribution in [2.24, 2.45) is 0 Å². The van der Waals surface area contributed by atoms with Gasteiger partial charge in [0.05, 0.1) is 0 Å². The molecule has 5 heteroatoms. The Labute approximate surface area is 113 Å². The van der Waals surface area contributed by atoms with Crippen LogP contribution in [0.3, 0.4) is 0 Å². The van der Waals surface area contributed by atoms with Crippen LogP contribution in [0.25, 0.3) is 0 Å². The summed E-state index contributed by atoms with van der Waals surface area (Å²) in [5, 5.41) is 9.16. The molecule has 0 saturated carbocycles. The van der Waals surface area contributed by atoms with E-state index in [9.17, 15) is 4.79 Å². The molecule has 1 atom stereocenters. The average molecular weight is 263 g/mol. The fourth-order valence-electron chi connectivity index (χ4n) is 2.71. The van der Waals surface area contributed by atoms with E-state index in [1.807, 2.05) is 6.07 Å². The van der Waals surface area contributed by atoms with Crippen LogP contribution in [-0.4, -0.2) is 59.1 Å². The van der Waals surface area contributed by atoms with E-state index >= 15 is 0 Å². The minimum Gasteiger partial charge on any atom is -0.477 e. The highest BCUT2D eigenvalue weighted by Gasteiger charge is 2.26. The Balaban J connectivity index is 2.10. The van der Waals surface area contributed by atoms with Gasteiger partial charge in [-0.05, 0) is 45.1 Å². The van der Waals surface area contributed by atoms with E-state index in [1.54, 1.807) is 6.07 Å². The fraction of sp³-hybridized carbons (Fsp3) is 0.571. The number of aromatic carboxylic acids is 1. The van der Waals surface area contributed by atoms with Gasteiger partial charge in [0, 0.05) is 25.3 Å². The predicted octanol–water partition coefficient (Wildman–Crippen LogP) is 1.31. The van der Waals surface area contributed by atoms with Gasteiger partial charge in [0.15, 0.2) is 5.69 Å². The zero-order valence-electron chi connectivity index (χ0n) is 11.5. The van der Waals surface area contributed by atoms with Crippen LogP contribution in [0.15, 0.2) is 18.3 Å². The van der Waals surface area contributed by atoms with Crippen molar-refractivity contribution in [3.05, 3.63) is 29.6 Å². The number of carboxylic acids is 1. The van der Waals surface area contributed by atoms with Gasteiger partial charge >= 0.3 is 5.97 Å². The topological polar surface area (TPSA) is 56.7 Å². The smallest absolute Gasteiger partial charge is 0.354 e. The van der Waals surface area contributed by atoms with Gasteiger partial charge in [0.1, 0.15) is 0 Å². The number of carbonyl (C=O) groups is 1. The molecular weight excluding hydrogens is 242 g/mol. The second-order valence-corrected chi connectivity index (χ2v) is 5.35. The molecule has 0 aliphatic carbocycles. The third-order valence-corrected chi connectivity index (χ3v) is 3.54. The average Bonchev–Trinajstić information content (AvgIpc) is 2.76. The molecular formula is C14H21N3O2.